The molecule has 3 heterocycles. The summed E-state index contributed by atoms with van der Waals surface area (Å²) < 4.78 is 1.61. The molecule has 1 aliphatic heterocycles. The molecule has 0 fully saturated rings. The fraction of sp³-hybridized carbons (Fsp3) is 0. The van der Waals surface area contributed by atoms with Crippen molar-refractivity contribution in [2.24, 2.45) is 0 Å². The number of fused-ring (bicyclic) bond motifs is 5. The first-order valence-electron chi connectivity index (χ1n) is 11.8. The summed E-state index contributed by atoms with van der Waals surface area (Å²) in [6.45, 7) is 7.94. The summed E-state index contributed by atoms with van der Waals surface area (Å²) in [6, 6.07) is 25.0. The number of nitrogens with zero attached hydrogens (tertiary/aromatic N) is 5. The van der Waals surface area contributed by atoms with E-state index in [4.69, 9.17) is 11.6 Å². The van der Waals surface area contributed by atoms with Crippen LogP contribution in [0.1, 0.15) is 11.1 Å². The van der Waals surface area contributed by atoms with Crippen molar-refractivity contribution in [3.05, 3.63) is 99.6 Å². The Hall–Kier alpha value is -5.42. The predicted molar refractivity (Wildman–Crippen MR) is 148 cm³/mol. The third-order valence-corrected chi connectivity index (χ3v) is 8.58. The predicted octanol–water partition coefficient (Wildman–Crippen LogP) is 7.17. The van der Waals surface area contributed by atoms with Gasteiger partial charge in [-0.25, -0.2) is 9.83 Å². The minimum absolute atomic E-state index is 0.257. The molecule has 0 unspecified atom stereocenters. The first-order valence-corrected chi connectivity index (χ1v) is 12.6. The van der Waals surface area contributed by atoms with Gasteiger partial charge in [0.2, 0.25) is 5.69 Å². The van der Waals surface area contributed by atoms with Gasteiger partial charge in [-0.05, 0) is 58.8 Å². The third-order valence-electron chi connectivity index (χ3n) is 7.38. The largest absolute Gasteiger partial charge is 0.268 e. The SMILES string of the molecule is [C-]#[N+]c1cc2c(=O)n3c4cccc5cccc(nc3c3cc(C#N)c6c(c1Sc1ccc(C#N)cc1-6)c23)c54. The van der Waals surface area contributed by atoms with Crippen LogP contribution in [0.4, 0.5) is 5.69 Å². The van der Waals surface area contributed by atoms with Crippen LogP contribution in [-0.4, -0.2) is 9.38 Å². The van der Waals surface area contributed by atoms with E-state index in [0.717, 1.165) is 32.3 Å². The number of rotatable bonds is 0. The molecule has 0 saturated heterocycles. The van der Waals surface area contributed by atoms with Gasteiger partial charge in [-0.3, -0.25) is 9.20 Å². The van der Waals surface area contributed by atoms with E-state index < -0.39 is 0 Å². The Kier molecular flexibility index (Phi) is 3.86. The molecule has 7 heteroatoms. The molecule has 0 saturated carbocycles. The van der Waals surface area contributed by atoms with Crippen LogP contribution in [0.3, 0.4) is 0 Å². The molecule has 5 aromatic carbocycles. The van der Waals surface area contributed by atoms with Gasteiger partial charge >= 0.3 is 0 Å². The number of hydrogen-bond donors (Lipinski definition) is 0. The molecule has 38 heavy (non-hydrogen) atoms. The van der Waals surface area contributed by atoms with E-state index in [1.165, 1.54) is 11.8 Å². The molecule has 6 nitrogen and oxygen atoms in total. The molecule has 1 aliphatic rings. The Labute approximate surface area is 218 Å². The highest BCUT2D eigenvalue weighted by Crippen LogP contribution is 2.54. The number of pyridine rings is 1. The monoisotopic (exact) mass is 501 g/mol. The Morgan fingerprint density at radius 1 is 0.921 bits per heavy atom. The standard InChI is InChI=1S/C31H11N5OS/c1-34-22-12-20-27-19(30-35-21-6-2-4-16-5-3-7-23(26(16)21)36(30)31(20)37)11-17(14-33)25-18-10-15(13-32)8-9-24(18)38-29(22)28(25)27/h2-12H. The second-order valence-electron chi connectivity index (χ2n) is 9.25. The zero-order valence-corrected chi connectivity index (χ0v) is 20.2. The zero-order chi connectivity index (χ0) is 25.7. The van der Waals surface area contributed by atoms with Gasteiger partial charge in [-0.1, -0.05) is 24.3 Å². The summed E-state index contributed by atoms with van der Waals surface area (Å²) in [7, 11) is 0. The average Bonchev–Trinajstić information content (AvgIpc) is 2.96. The number of nitriles is 2. The van der Waals surface area contributed by atoms with Crippen LogP contribution in [0, 0.1) is 29.2 Å². The molecule has 0 N–H and O–H groups in total. The first kappa shape index (κ1) is 20.7. The summed E-state index contributed by atoms with van der Waals surface area (Å²) in [5.41, 5.74) is 4.37. The van der Waals surface area contributed by atoms with Gasteiger partial charge in [-0.15, -0.1) is 11.8 Å². The van der Waals surface area contributed by atoms with E-state index in [1.54, 1.807) is 28.7 Å². The maximum atomic E-state index is 14.2. The molecular weight excluding hydrogens is 490 g/mol. The van der Waals surface area contributed by atoms with E-state index in [0.29, 0.717) is 54.5 Å². The maximum absolute atomic E-state index is 14.2. The second-order valence-corrected chi connectivity index (χ2v) is 10.3. The fourth-order valence-corrected chi connectivity index (χ4v) is 6.99. The molecule has 2 aromatic heterocycles. The smallest absolute Gasteiger partial charge is 0.263 e. The molecule has 172 valence electrons. The van der Waals surface area contributed by atoms with Crippen LogP contribution in [-0.2, 0) is 0 Å². The van der Waals surface area contributed by atoms with Crippen LogP contribution in [0.15, 0.2) is 81.3 Å². The third kappa shape index (κ3) is 2.40. The normalized spacial score (nSPS) is 12.1. The van der Waals surface area contributed by atoms with Gasteiger partial charge in [0.25, 0.3) is 5.56 Å². The number of benzene rings is 5. The summed E-state index contributed by atoms with van der Waals surface area (Å²) in [5.74, 6) is 0. The number of hydrogen-bond acceptors (Lipinski definition) is 5. The van der Waals surface area contributed by atoms with Crippen molar-refractivity contribution in [3.8, 4) is 23.3 Å². The molecule has 0 atom stereocenters. The quantitative estimate of drug-likeness (QED) is 0.125. The van der Waals surface area contributed by atoms with E-state index in [2.05, 4.69) is 17.0 Å². The minimum Gasteiger partial charge on any atom is -0.268 e. The van der Waals surface area contributed by atoms with Crippen LogP contribution < -0.4 is 5.56 Å². The van der Waals surface area contributed by atoms with Gasteiger partial charge < -0.3 is 0 Å². The zero-order valence-electron chi connectivity index (χ0n) is 19.4. The van der Waals surface area contributed by atoms with Crippen molar-refractivity contribution in [1.29, 1.82) is 10.5 Å². The van der Waals surface area contributed by atoms with Gasteiger partial charge in [0.15, 0.2) is 0 Å². The Morgan fingerprint density at radius 2 is 1.76 bits per heavy atom. The molecular formula is C31H11N5OS. The molecule has 0 amide bonds. The van der Waals surface area contributed by atoms with Gasteiger partial charge in [0.1, 0.15) is 5.65 Å². The van der Waals surface area contributed by atoms with E-state index in [1.807, 2.05) is 42.5 Å². The van der Waals surface area contributed by atoms with Gasteiger partial charge in [0, 0.05) is 36.9 Å². The van der Waals surface area contributed by atoms with Crippen molar-refractivity contribution in [3.63, 3.8) is 0 Å². The van der Waals surface area contributed by atoms with E-state index in [9.17, 15) is 15.3 Å². The Morgan fingerprint density at radius 3 is 2.55 bits per heavy atom. The van der Waals surface area contributed by atoms with Crippen molar-refractivity contribution < 1.29 is 0 Å². The van der Waals surface area contributed by atoms with Crippen molar-refractivity contribution in [1.82, 2.24) is 9.38 Å². The lowest BCUT2D eigenvalue weighted by Gasteiger charge is -2.24. The van der Waals surface area contributed by atoms with Crippen LogP contribution in [0.25, 0.3) is 65.0 Å². The van der Waals surface area contributed by atoms with Crippen LogP contribution in [0.2, 0.25) is 0 Å². The second kappa shape index (κ2) is 7.08. The average molecular weight is 502 g/mol. The van der Waals surface area contributed by atoms with Crippen molar-refractivity contribution in [2.45, 2.75) is 9.79 Å². The number of aromatic nitrogens is 2. The first-order chi connectivity index (χ1) is 18.6. The van der Waals surface area contributed by atoms with Crippen molar-refractivity contribution in [2.75, 3.05) is 0 Å². The van der Waals surface area contributed by atoms with E-state index >= 15 is 0 Å². The maximum Gasteiger partial charge on any atom is 0.263 e. The topological polar surface area (TPSA) is 86.3 Å². The molecule has 7 aromatic rings. The van der Waals surface area contributed by atoms with Gasteiger partial charge in [0.05, 0.1) is 40.9 Å². The lowest BCUT2D eigenvalue weighted by Crippen LogP contribution is -2.17. The van der Waals surface area contributed by atoms with Crippen LogP contribution >= 0.6 is 11.8 Å². The Balaban J connectivity index is 1.71. The highest BCUT2D eigenvalue weighted by atomic mass is 32.2. The van der Waals surface area contributed by atoms with Crippen LogP contribution in [0.5, 0.6) is 0 Å². The molecule has 0 radical (unpaired) electrons. The van der Waals surface area contributed by atoms with Crippen molar-refractivity contribution >= 4 is 66.4 Å². The highest BCUT2D eigenvalue weighted by Gasteiger charge is 2.29. The fourth-order valence-electron chi connectivity index (χ4n) is 5.85. The minimum atomic E-state index is -0.257. The summed E-state index contributed by atoms with van der Waals surface area (Å²) >= 11 is 1.43. The lowest BCUT2D eigenvalue weighted by molar-refractivity contribution is 1.15. The highest BCUT2D eigenvalue weighted by molar-refractivity contribution is 8.00. The molecule has 0 bridgehead atoms. The van der Waals surface area contributed by atoms with E-state index in [-0.39, 0.29) is 5.56 Å². The molecule has 8 rings (SSSR count). The summed E-state index contributed by atoms with van der Waals surface area (Å²) in [5, 5.41) is 24.2. The van der Waals surface area contributed by atoms with Gasteiger partial charge in [-0.2, -0.15) is 10.5 Å². The Bertz CT molecular complexity index is 2430. The summed E-state index contributed by atoms with van der Waals surface area (Å²) in [6.07, 6.45) is 0. The summed E-state index contributed by atoms with van der Waals surface area (Å²) in [4.78, 5) is 24.5. The molecule has 0 aliphatic carbocycles. The lowest BCUT2D eigenvalue weighted by atomic mass is 9.88. The molecule has 0 spiro atoms.